The Morgan fingerprint density at radius 1 is 1.22 bits per heavy atom. The van der Waals surface area contributed by atoms with Crippen molar-refractivity contribution in [3.63, 3.8) is 0 Å². The van der Waals surface area contributed by atoms with Gasteiger partial charge in [0.25, 0.3) is 0 Å². The van der Waals surface area contributed by atoms with E-state index in [1.807, 2.05) is 26.8 Å². The number of hydrogen-bond donors (Lipinski definition) is 2. The molecule has 18 heavy (non-hydrogen) atoms. The maximum atomic E-state index is 12.2. The summed E-state index contributed by atoms with van der Waals surface area (Å²) in [5, 5.41) is 0. The van der Waals surface area contributed by atoms with Gasteiger partial charge in [0.2, 0.25) is 10.0 Å². The van der Waals surface area contributed by atoms with Gasteiger partial charge in [-0.15, -0.1) is 0 Å². The van der Waals surface area contributed by atoms with Gasteiger partial charge in [0.15, 0.2) is 0 Å². The second-order valence-electron chi connectivity index (χ2n) is 4.50. The summed E-state index contributed by atoms with van der Waals surface area (Å²) < 4.78 is 26.9. The molecule has 0 saturated heterocycles. The Labute approximate surface area is 110 Å². The first kappa shape index (κ1) is 15.1. The van der Waals surface area contributed by atoms with Crippen molar-refractivity contribution in [1.29, 1.82) is 0 Å². The standard InChI is InChI=1S/C13H22N2O2S/c1-4-5-6-15-18(16,17)13-8-12(9-14)10(2)7-11(13)3/h7-8,15H,4-6,9,14H2,1-3H3. The van der Waals surface area contributed by atoms with E-state index in [0.717, 1.165) is 29.5 Å². The number of nitrogens with one attached hydrogen (secondary N) is 1. The van der Waals surface area contributed by atoms with E-state index in [4.69, 9.17) is 5.73 Å². The van der Waals surface area contributed by atoms with Gasteiger partial charge in [-0.1, -0.05) is 19.4 Å². The molecule has 0 radical (unpaired) electrons. The molecule has 0 bridgehead atoms. The van der Waals surface area contributed by atoms with Crippen molar-refractivity contribution in [1.82, 2.24) is 4.72 Å². The molecule has 0 saturated carbocycles. The molecule has 1 rings (SSSR count). The highest BCUT2D eigenvalue weighted by Crippen LogP contribution is 2.20. The van der Waals surface area contributed by atoms with Crippen LogP contribution in [0.1, 0.15) is 36.5 Å². The Kier molecular flexibility index (Phi) is 5.31. The molecular weight excluding hydrogens is 248 g/mol. The third kappa shape index (κ3) is 3.54. The topological polar surface area (TPSA) is 72.2 Å². The van der Waals surface area contributed by atoms with Gasteiger partial charge >= 0.3 is 0 Å². The van der Waals surface area contributed by atoms with Crippen LogP contribution in [-0.4, -0.2) is 15.0 Å². The van der Waals surface area contributed by atoms with Gasteiger partial charge in [-0.25, -0.2) is 13.1 Å². The van der Waals surface area contributed by atoms with Crippen molar-refractivity contribution in [2.45, 2.75) is 45.1 Å². The summed E-state index contributed by atoms with van der Waals surface area (Å²) in [4.78, 5) is 0.338. The van der Waals surface area contributed by atoms with Crippen LogP contribution in [-0.2, 0) is 16.6 Å². The van der Waals surface area contributed by atoms with Crippen LogP contribution >= 0.6 is 0 Å². The highest BCUT2D eigenvalue weighted by molar-refractivity contribution is 7.89. The van der Waals surface area contributed by atoms with Crippen molar-refractivity contribution in [2.75, 3.05) is 6.54 Å². The predicted molar refractivity (Wildman–Crippen MR) is 73.9 cm³/mol. The van der Waals surface area contributed by atoms with E-state index < -0.39 is 10.0 Å². The van der Waals surface area contributed by atoms with E-state index in [-0.39, 0.29) is 0 Å². The molecule has 1 aromatic rings. The smallest absolute Gasteiger partial charge is 0.240 e. The van der Waals surface area contributed by atoms with Crippen molar-refractivity contribution in [3.8, 4) is 0 Å². The zero-order valence-electron chi connectivity index (χ0n) is 11.3. The highest BCUT2D eigenvalue weighted by Gasteiger charge is 2.17. The summed E-state index contributed by atoms with van der Waals surface area (Å²) in [5.41, 5.74) is 8.28. The Bertz CT molecular complexity index is 510. The van der Waals surface area contributed by atoms with Crippen molar-refractivity contribution >= 4 is 10.0 Å². The number of aryl methyl sites for hydroxylation is 2. The van der Waals surface area contributed by atoms with E-state index >= 15 is 0 Å². The molecule has 0 aliphatic heterocycles. The first-order valence-corrected chi connectivity index (χ1v) is 7.70. The zero-order valence-corrected chi connectivity index (χ0v) is 12.1. The molecular formula is C13H22N2O2S. The lowest BCUT2D eigenvalue weighted by molar-refractivity contribution is 0.577. The van der Waals surface area contributed by atoms with Gasteiger partial charge in [-0.3, -0.25) is 0 Å². The molecule has 5 heteroatoms. The highest BCUT2D eigenvalue weighted by atomic mass is 32.2. The molecule has 0 unspecified atom stereocenters. The van der Waals surface area contributed by atoms with Gasteiger partial charge in [0.1, 0.15) is 0 Å². The zero-order chi connectivity index (χ0) is 13.8. The second kappa shape index (κ2) is 6.31. The van der Waals surface area contributed by atoms with E-state index in [1.54, 1.807) is 6.07 Å². The summed E-state index contributed by atoms with van der Waals surface area (Å²) >= 11 is 0. The van der Waals surface area contributed by atoms with Gasteiger partial charge in [0, 0.05) is 13.1 Å². The molecule has 1 aromatic carbocycles. The van der Waals surface area contributed by atoms with Gasteiger partial charge in [0.05, 0.1) is 4.90 Å². The van der Waals surface area contributed by atoms with E-state index in [1.165, 1.54) is 0 Å². The first-order valence-electron chi connectivity index (χ1n) is 6.22. The lowest BCUT2D eigenvalue weighted by Crippen LogP contribution is -2.25. The van der Waals surface area contributed by atoms with Crippen LogP contribution in [0.2, 0.25) is 0 Å². The Hall–Kier alpha value is -0.910. The molecule has 0 aliphatic rings. The Morgan fingerprint density at radius 3 is 2.44 bits per heavy atom. The van der Waals surface area contributed by atoms with E-state index in [2.05, 4.69) is 4.72 Å². The van der Waals surface area contributed by atoms with Crippen LogP contribution < -0.4 is 10.5 Å². The Balaban J connectivity index is 3.08. The maximum Gasteiger partial charge on any atom is 0.240 e. The quantitative estimate of drug-likeness (QED) is 0.775. The average molecular weight is 270 g/mol. The van der Waals surface area contributed by atoms with Crippen LogP contribution in [0.5, 0.6) is 0 Å². The second-order valence-corrected chi connectivity index (χ2v) is 6.24. The third-order valence-corrected chi connectivity index (χ3v) is 4.57. The van der Waals surface area contributed by atoms with Crippen LogP contribution in [0.25, 0.3) is 0 Å². The molecule has 0 spiro atoms. The SMILES string of the molecule is CCCCNS(=O)(=O)c1cc(CN)c(C)cc1C. The van der Waals surface area contributed by atoms with Crippen molar-refractivity contribution < 1.29 is 8.42 Å². The molecule has 0 fully saturated rings. The lowest BCUT2D eigenvalue weighted by Gasteiger charge is -2.12. The summed E-state index contributed by atoms with van der Waals surface area (Å²) in [6.45, 7) is 6.60. The first-order chi connectivity index (χ1) is 8.42. The molecule has 4 nitrogen and oxygen atoms in total. The minimum absolute atomic E-state index is 0.338. The fourth-order valence-corrected chi connectivity index (χ4v) is 3.19. The van der Waals surface area contributed by atoms with Gasteiger partial charge in [-0.2, -0.15) is 0 Å². The summed E-state index contributed by atoms with van der Waals surface area (Å²) in [6, 6.07) is 3.55. The van der Waals surface area contributed by atoms with Crippen molar-refractivity contribution in [2.24, 2.45) is 5.73 Å². The number of sulfonamides is 1. The fourth-order valence-electron chi connectivity index (χ4n) is 1.84. The molecule has 102 valence electrons. The summed E-state index contributed by atoms with van der Waals surface area (Å²) in [5.74, 6) is 0. The number of hydrogen-bond acceptors (Lipinski definition) is 3. The molecule has 0 heterocycles. The van der Waals surface area contributed by atoms with Gasteiger partial charge in [-0.05, 0) is 43.0 Å². The van der Waals surface area contributed by atoms with Crippen LogP contribution in [0.15, 0.2) is 17.0 Å². The monoisotopic (exact) mass is 270 g/mol. The summed E-state index contributed by atoms with van der Waals surface area (Å²) in [7, 11) is -3.42. The molecule has 0 atom stereocenters. The predicted octanol–water partition coefficient (Wildman–Crippen LogP) is 1.84. The molecule has 0 amide bonds. The maximum absolute atomic E-state index is 12.2. The molecule has 3 N–H and O–H groups in total. The lowest BCUT2D eigenvalue weighted by atomic mass is 10.1. The third-order valence-electron chi connectivity index (χ3n) is 2.97. The largest absolute Gasteiger partial charge is 0.326 e. The average Bonchev–Trinajstić information content (AvgIpc) is 2.29. The van der Waals surface area contributed by atoms with E-state index in [0.29, 0.717) is 18.0 Å². The van der Waals surface area contributed by atoms with Crippen LogP contribution in [0.3, 0.4) is 0 Å². The number of unbranched alkanes of at least 4 members (excludes halogenated alkanes) is 1. The fraction of sp³-hybridized carbons (Fsp3) is 0.538. The number of nitrogens with two attached hydrogens (primary N) is 1. The number of rotatable bonds is 6. The minimum Gasteiger partial charge on any atom is -0.326 e. The Morgan fingerprint density at radius 2 is 1.89 bits per heavy atom. The van der Waals surface area contributed by atoms with Crippen LogP contribution in [0.4, 0.5) is 0 Å². The molecule has 0 aromatic heterocycles. The summed E-state index contributed by atoms with van der Waals surface area (Å²) in [6.07, 6.45) is 1.80. The normalized spacial score (nSPS) is 11.8. The van der Waals surface area contributed by atoms with Crippen LogP contribution in [0, 0.1) is 13.8 Å². The number of benzene rings is 1. The molecule has 0 aliphatic carbocycles. The van der Waals surface area contributed by atoms with Gasteiger partial charge < -0.3 is 5.73 Å². The van der Waals surface area contributed by atoms with E-state index in [9.17, 15) is 8.42 Å². The van der Waals surface area contributed by atoms with Crippen molar-refractivity contribution in [3.05, 3.63) is 28.8 Å². The minimum atomic E-state index is -3.42.